The van der Waals surface area contributed by atoms with Gasteiger partial charge in [0.1, 0.15) is 17.2 Å². The highest BCUT2D eigenvalue weighted by molar-refractivity contribution is 7.15. The third-order valence-electron chi connectivity index (χ3n) is 3.24. The lowest BCUT2D eigenvalue weighted by Crippen LogP contribution is -2.27. The Bertz CT molecular complexity index is 957. The van der Waals surface area contributed by atoms with Crippen molar-refractivity contribution in [1.29, 1.82) is 0 Å². The Hall–Kier alpha value is -2.65. The molecule has 0 unspecified atom stereocenters. The largest absolute Gasteiger partial charge is 0.383 e. The Kier molecular flexibility index (Phi) is 4.12. The van der Waals surface area contributed by atoms with Crippen molar-refractivity contribution in [2.75, 3.05) is 5.32 Å². The van der Waals surface area contributed by atoms with Crippen molar-refractivity contribution in [2.24, 2.45) is 0 Å². The van der Waals surface area contributed by atoms with Gasteiger partial charge in [-0.3, -0.25) is 19.5 Å². The second-order valence-corrected chi connectivity index (χ2v) is 6.69. The summed E-state index contributed by atoms with van der Waals surface area (Å²) < 4.78 is 1.23. The molecule has 2 aromatic heterocycles. The van der Waals surface area contributed by atoms with Gasteiger partial charge >= 0.3 is 0 Å². The number of nitrogens with zero attached hydrogens (tertiary/aromatic N) is 4. The third kappa shape index (κ3) is 3.31. The van der Waals surface area contributed by atoms with E-state index in [4.69, 9.17) is 0 Å². The van der Waals surface area contributed by atoms with Crippen LogP contribution in [0.3, 0.4) is 0 Å². The van der Waals surface area contributed by atoms with Crippen LogP contribution < -0.4 is 10.9 Å². The highest BCUT2D eigenvalue weighted by Gasteiger charge is 2.22. The average molecular weight is 345 g/mol. The molecule has 24 heavy (non-hydrogen) atoms. The standard InChI is InChI=1S/C15H15N5O3S/c1-15(2,23)13-18-19-14(24-13)17-11(21)7-20-8-16-10-6-4-3-5-9(10)12(20)22/h3-6,8,23H,7H2,1-2H3,(H,17,19,21). The van der Waals surface area contributed by atoms with Crippen LogP contribution in [0.2, 0.25) is 0 Å². The number of benzene rings is 1. The molecule has 0 aliphatic heterocycles. The molecule has 0 saturated carbocycles. The fraction of sp³-hybridized carbons (Fsp3) is 0.267. The van der Waals surface area contributed by atoms with Crippen LogP contribution in [0.1, 0.15) is 18.9 Å². The van der Waals surface area contributed by atoms with Crippen molar-refractivity contribution in [3.8, 4) is 0 Å². The van der Waals surface area contributed by atoms with Crippen molar-refractivity contribution in [1.82, 2.24) is 19.7 Å². The molecule has 0 bridgehead atoms. The number of para-hydroxylation sites is 1. The summed E-state index contributed by atoms with van der Waals surface area (Å²) in [7, 11) is 0. The molecular formula is C15H15N5O3S. The summed E-state index contributed by atoms with van der Waals surface area (Å²) in [5.41, 5.74) is -0.830. The van der Waals surface area contributed by atoms with Crippen molar-refractivity contribution in [3.63, 3.8) is 0 Å². The second-order valence-electron chi connectivity index (χ2n) is 5.71. The molecule has 0 spiro atoms. The first kappa shape index (κ1) is 16.2. The number of nitrogens with one attached hydrogen (secondary N) is 1. The first-order chi connectivity index (χ1) is 11.3. The third-order valence-corrected chi connectivity index (χ3v) is 4.39. The molecule has 0 atom stereocenters. The average Bonchev–Trinajstić information content (AvgIpc) is 2.99. The molecule has 0 aliphatic carbocycles. The molecule has 1 amide bonds. The molecule has 2 heterocycles. The maximum absolute atomic E-state index is 12.3. The molecule has 0 aliphatic rings. The van der Waals surface area contributed by atoms with Gasteiger partial charge in [0.05, 0.1) is 17.2 Å². The molecule has 0 saturated heterocycles. The Labute approximate surface area is 140 Å². The molecule has 0 radical (unpaired) electrons. The van der Waals surface area contributed by atoms with E-state index in [2.05, 4.69) is 20.5 Å². The topological polar surface area (TPSA) is 110 Å². The highest BCUT2D eigenvalue weighted by atomic mass is 32.1. The van der Waals surface area contributed by atoms with Gasteiger partial charge in [0.25, 0.3) is 5.56 Å². The fourth-order valence-corrected chi connectivity index (χ4v) is 2.81. The van der Waals surface area contributed by atoms with Crippen molar-refractivity contribution < 1.29 is 9.90 Å². The Morgan fingerprint density at radius 1 is 1.33 bits per heavy atom. The zero-order chi connectivity index (χ0) is 17.3. The van der Waals surface area contributed by atoms with E-state index >= 15 is 0 Å². The number of carbonyl (C=O) groups is 1. The Morgan fingerprint density at radius 2 is 2.08 bits per heavy atom. The van der Waals surface area contributed by atoms with Crippen LogP contribution in [-0.2, 0) is 16.9 Å². The number of hydrogen-bond acceptors (Lipinski definition) is 7. The number of anilines is 1. The first-order valence-electron chi connectivity index (χ1n) is 7.15. The van der Waals surface area contributed by atoms with E-state index in [1.165, 1.54) is 10.9 Å². The van der Waals surface area contributed by atoms with Gasteiger partial charge in [-0.05, 0) is 26.0 Å². The van der Waals surface area contributed by atoms with Crippen LogP contribution in [0.25, 0.3) is 10.9 Å². The smallest absolute Gasteiger partial charge is 0.261 e. The molecule has 1 aromatic carbocycles. The number of rotatable bonds is 4. The monoisotopic (exact) mass is 345 g/mol. The van der Waals surface area contributed by atoms with Gasteiger partial charge < -0.3 is 5.11 Å². The summed E-state index contributed by atoms with van der Waals surface area (Å²) in [6.45, 7) is 2.98. The minimum atomic E-state index is -1.13. The predicted molar refractivity (Wildman–Crippen MR) is 89.8 cm³/mol. The van der Waals surface area contributed by atoms with Crippen LogP contribution in [0.4, 0.5) is 5.13 Å². The summed E-state index contributed by atoms with van der Waals surface area (Å²) >= 11 is 1.08. The highest BCUT2D eigenvalue weighted by Crippen LogP contribution is 2.25. The van der Waals surface area contributed by atoms with Crippen LogP contribution >= 0.6 is 11.3 Å². The molecule has 9 heteroatoms. The summed E-state index contributed by atoms with van der Waals surface area (Å²) in [6.07, 6.45) is 1.34. The van der Waals surface area contributed by atoms with Gasteiger partial charge in [0.2, 0.25) is 11.0 Å². The fourth-order valence-electron chi connectivity index (χ4n) is 2.05. The van der Waals surface area contributed by atoms with E-state index in [1.807, 2.05) is 0 Å². The maximum Gasteiger partial charge on any atom is 0.261 e. The van der Waals surface area contributed by atoms with E-state index < -0.39 is 11.5 Å². The van der Waals surface area contributed by atoms with Crippen LogP contribution in [-0.4, -0.2) is 30.8 Å². The minimum absolute atomic E-state index is 0.186. The van der Waals surface area contributed by atoms with Crippen LogP contribution in [0.5, 0.6) is 0 Å². The molecule has 8 nitrogen and oxygen atoms in total. The van der Waals surface area contributed by atoms with E-state index in [0.29, 0.717) is 15.9 Å². The summed E-state index contributed by atoms with van der Waals surface area (Å²) in [6, 6.07) is 6.94. The summed E-state index contributed by atoms with van der Waals surface area (Å²) in [4.78, 5) is 28.6. The zero-order valence-corrected chi connectivity index (χ0v) is 13.9. The first-order valence-corrected chi connectivity index (χ1v) is 7.96. The number of hydrogen-bond donors (Lipinski definition) is 2. The SMILES string of the molecule is CC(C)(O)c1nnc(NC(=O)Cn2cnc3ccccc3c2=O)s1. The van der Waals surface area contributed by atoms with Crippen LogP contribution in [0.15, 0.2) is 35.4 Å². The summed E-state index contributed by atoms with van der Waals surface area (Å²) in [5, 5.41) is 21.2. The molecule has 3 rings (SSSR count). The molecule has 2 N–H and O–H groups in total. The molecular weight excluding hydrogens is 330 g/mol. The molecule has 3 aromatic rings. The van der Waals surface area contributed by atoms with Crippen LogP contribution in [0, 0.1) is 0 Å². The normalized spacial score (nSPS) is 11.6. The number of aliphatic hydroxyl groups is 1. The minimum Gasteiger partial charge on any atom is -0.383 e. The van der Waals surface area contributed by atoms with Crippen molar-refractivity contribution in [3.05, 3.63) is 46.0 Å². The second kappa shape index (κ2) is 6.10. The number of carbonyl (C=O) groups excluding carboxylic acids is 1. The van der Waals surface area contributed by atoms with Crippen molar-refractivity contribution >= 4 is 33.3 Å². The molecule has 124 valence electrons. The zero-order valence-electron chi connectivity index (χ0n) is 13.1. The van der Waals surface area contributed by atoms with Gasteiger partial charge in [-0.2, -0.15) is 0 Å². The van der Waals surface area contributed by atoms with E-state index in [1.54, 1.807) is 38.1 Å². The number of fused-ring (bicyclic) bond motifs is 1. The number of amides is 1. The lowest BCUT2D eigenvalue weighted by Gasteiger charge is -2.11. The van der Waals surface area contributed by atoms with E-state index in [-0.39, 0.29) is 17.2 Å². The van der Waals surface area contributed by atoms with Crippen molar-refractivity contribution in [2.45, 2.75) is 26.0 Å². The quantitative estimate of drug-likeness (QED) is 0.733. The van der Waals surface area contributed by atoms with Gasteiger partial charge in [-0.1, -0.05) is 23.5 Å². The Morgan fingerprint density at radius 3 is 2.79 bits per heavy atom. The maximum atomic E-state index is 12.3. The number of aromatic nitrogens is 4. The Balaban J connectivity index is 1.77. The van der Waals surface area contributed by atoms with Gasteiger partial charge in [-0.25, -0.2) is 4.98 Å². The predicted octanol–water partition coefficient (Wildman–Crippen LogP) is 1.11. The van der Waals surface area contributed by atoms with Gasteiger partial charge in [-0.15, -0.1) is 10.2 Å². The lowest BCUT2D eigenvalue weighted by molar-refractivity contribution is -0.116. The van der Waals surface area contributed by atoms with Gasteiger partial charge in [0.15, 0.2) is 0 Å². The van der Waals surface area contributed by atoms with E-state index in [0.717, 1.165) is 11.3 Å². The van der Waals surface area contributed by atoms with Gasteiger partial charge in [0, 0.05) is 0 Å². The van der Waals surface area contributed by atoms with E-state index in [9.17, 15) is 14.7 Å². The molecule has 0 fully saturated rings. The lowest BCUT2D eigenvalue weighted by atomic mass is 10.2. The summed E-state index contributed by atoms with van der Waals surface area (Å²) in [5.74, 6) is -0.423.